The van der Waals surface area contributed by atoms with Crippen molar-refractivity contribution in [1.82, 2.24) is 5.32 Å². The van der Waals surface area contributed by atoms with E-state index in [-0.39, 0.29) is 24.4 Å². The summed E-state index contributed by atoms with van der Waals surface area (Å²) in [6, 6.07) is -0.462. The topological polar surface area (TPSA) is 55.4 Å². The van der Waals surface area contributed by atoms with Crippen LogP contribution in [0, 0.1) is 5.92 Å². The normalized spacial score (nSPS) is 24.8. The number of amides is 1. The molecule has 1 fully saturated rings. The molecule has 1 atom stereocenters. The van der Waals surface area contributed by atoms with Gasteiger partial charge in [-0.25, -0.2) is 4.79 Å². The van der Waals surface area contributed by atoms with Crippen LogP contribution >= 0.6 is 0 Å². The number of nitrogens with one attached hydrogen (secondary N) is 1. The molecule has 0 bridgehead atoms. The first kappa shape index (κ1) is 8.04. The Balaban J connectivity index is 2.61. The molecule has 1 amide bonds. The lowest BCUT2D eigenvalue weighted by molar-refractivity contribution is -0.158. The molecule has 4 nitrogen and oxygen atoms in total. The molecule has 1 N–H and O–H groups in total. The van der Waals surface area contributed by atoms with Crippen molar-refractivity contribution in [3.63, 3.8) is 0 Å². The second-order valence-electron chi connectivity index (χ2n) is 2.90. The second-order valence-corrected chi connectivity index (χ2v) is 2.90. The van der Waals surface area contributed by atoms with Crippen LogP contribution in [0.25, 0.3) is 0 Å². The number of carbonyl (C=O) groups excluding carboxylic acids is 2. The first-order chi connectivity index (χ1) is 5.11. The van der Waals surface area contributed by atoms with Crippen LogP contribution in [0.15, 0.2) is 0 Å². The predicted octanol–water partition coefficient (Wildman–Crippen LogP) is -0.316. The largest absolute Gasteiger partial charge is 0.454 e. The van der Waals surface area contributed by atoms with Gasteiger partial charge >= 0.3 is 5.97 Å². The molecule has 0 aromatic rings. The molecular weight excluding hydrogens is 146 g/mol. The number of rotatable bonds is 1. The minimum absolute atomic E-state index is 0.0896. The Kier molecular flexibility index (Phi) is 2.12. The summed E-state index contributed by atoms with van der Waals surface area (Å²) in [7, 11) is 0. The van der Waals surface area contributed by atoms with Crippen molar-refractivity contribution >= 4 is 11.9 Å². The van der Waals surface area contributed by atoms with E-state index in [1.54, 1.807) is 0 Å². The summed E-state index contributed by atoms with van der Waals surface area (Å²) >= 11 is 0. The molecule has 0 aromatic heterocycles. The zero-order valence-electron chi connectivity index (χ0n) is 6.59. The molecule has 1 aliphatic heterocycles. The summed E-state index contributed by atoms with van der Waals surface area (Å²) in [5, 5.41) is 2.55. The van der Waals surface area contributed by atoms with Crippen molar-refractivity contribution in [2.45, 2.75) is 19.9 Å². The van der Waals surface area contributed by atoms with E-state index >= 15 is 0 Å². The molecule has 1 aliphatic rings. The summed E-state index contributed by atoms with van der Waals surface area (Å²) in [6.07, 6.45) is 0. The van der Waals surface area contributed by atoms with Gasteiger partial charge in [-0.3, -0.25) is 4.79 Å². The van der Waals surface area contributed by atoms with E-state index in [0.29, 0.717) is 0 Å². The van der Waals surface area contributed by atoms with Crippen LogP contribution in [-0.4, -0.2) is 24.5 Å². The second kappa shape index (κ2) is 2.90. The SMILES string of the molecule is CC(C)[C@@H]1NC(=O)COC1=O. The van der Waals surface area contributed by atoms with Crippen molar-refractivity contribution in [2.24, 2.45) is 5.92 Å². The summed E-state index contributed by atoms with van der Waals surface area (Å²) in [5.74, 6) is -0.463. The molecule has 0 spiro atoms. The smallest absolute Gasteiger partial charge is 0.329 e. The van der Waals surface area contributed by atoms with E-state index in [9.17, 15) is 9.59 Å². The standard InChI is InChI=1S/C7H11NO3/c1-4(2)6-7(10)11-3-5(9)8-6/h4,6H,3H2,1-2H3,(H,8,9)/t6-/m0/s1. The highest BCUT2D eigenvalue weighted by molar-refractivity contribution is 5.90. The van der Waals surface area contributed by atoms with Crippen LogP contribution in [-0.2, 0) is 14.3 Å². The van der Waals surface area contributed by atoms with Gasteiger partial charge in [0.2, 0.25) is 0 Å². The molecule has 0 aliphatic carbocycles. The number of hydrogen-bond donors (Lipinski definition) is 1. The average molecular weight is 157 g/mol. The molecule has 0 saturated carbocycles. The van der Waals surface area contributed by atoms with Crippen molar-refractivity contribution < 1.29 is 14.3 Å². The lowest BCUT2D eigenvalue weighted by Gasteiger charge is -2.24. The fourth-order valence-corrected chi connectivity index (χ4v) is 0.939. The number of morpholine rings is 1. The predicted molar refractivity (Wildman–Crippen MR) is 37.7 cm³/mol. The highest BCUT2D eigenvalue weighted by atomic mass is 16.5. The minimum Gasteiger partial charge on any atom is -0.454 e. The average Bonchev–Trinajstić information content (AvgIpc) is 1.94. The van der Waals surface area contributed by atoms with Gasteiger partial charge in [0, 0.05) is 0 Å². The van der Waals surface area contributed by atoms with Crippen molar-refractivity contribution in [2.75, 3.05) is 6.61 Å². The van der Waals surface area contributed by atoms with E-state index in [2.05, 4.69) is 10.1 Å². The van der Waals surface area contributed by atoms with Gasteiger partial charge in [-0.15, -0.1) is 0 Å². The molecule has 0 radical (unpaired) electrons. The molecule has 62 valence electrons. The van der Waals surface area contributed by atoms with Gasteiger partial charge in [0.05, 0.1) is 0 Å². The maximum absolute atomic E-state index is 10.9. The summed E-state index contributed by atoms with van der Waals surface area (Å²) in [5.41, 5.74) is 0. The minimum atomic E-state index is -0.462. The van der Waals surface area contributed by atoms with Gasteiger partial charge in [0.15, 0.2) is 6.61 Å². The van der Waals surface area contributed by atoms with Gasteiger partial charge in [0.1, 0.15) is 6.04 Å². The van der Waals surface area contributed by atoms with E-state index < -0.39 is 6.04 Å². The molecule has 4 heteroatoms. The summed E-state index contributed by atoms with van der Waals surface area (Å²) in [6.45, 7) is 3.58. The fourth-order valence-electron chi connectivity index (χ4n) is 0.939. The van der Waals surface area contributed by atoms with E-state index in [0.717, 1.165) is 0 Å². The van der Waals surface area contributed by atoms with E-state index in [1.165, 1.54) is 0 Å². The zero-order valence-corrected chi connectivity index (χ0v) is 6.59. The van der Waals surface area contributed by atoms with Crippen LogP contribution in [0.1, 0.15) is 13.8 Å². The molecule has 1 rings (SSSR count). The first-order valence-electron chi connectivity index (χ1n) is 3.57. The lowest BCUT2D eigenvalue weighted by Crippen LogP contribution is -2.51. The van der Waals surface area contributed by atoms with Gasteiger partial charge in [-0.1, -0.05) is 13.8 Å². The number of cyclic esters (lactones) is 1. The fraction of sp³-hybridized carbons (Fsp3) is 0.714. The monoisotopic (exact) mass is 157 g/mol. The summed E-state index contributed by atoms with van der Waals surface area (Å²) < 4.78 is 4.61. The maximum Gasteiger partial charge on any atom is 0.329 e. The highest BCUT2D eigenvalue weighted by Gasteiger charge is 2.30. The van der Waals surface area contributed by atoms with E-state index in [1.807, 2.05) is 13.8 Å². The third kappa shape index (κ3) is 1.69. The van der Waals surface area contributed by atoms with Crippen molar-refractivity contribution in [3.05, 3.63) is 0 Å². The Labute approximate surface area is 64.9 Å². The number of ether oxygens (including phenoxy) is 1. The van der Waals surface area contributed by atoms with Crippen LogP contribution < -0.4 is 5.32 Å². The van der Waals surface area contributed by atoms with Crippen LogP contribution in [0.3, 0.4) is 0 Å². The maximum atomic E-state index is 10.9. The Morgan fingerprint density at radius 2 is 2.18 bits per heavy atom. The van der Waals surface area contributed by atoms with Gasteiger partial charge in [-0.2, -0.15) is 0 Å². The number of carbonyl (C=O) groups is 2. The van der Waals surface area contributed by atoms with E-state index in [4.69, 9.17) is 0 Å². The number of hydrogen-bond acceptors (Lipinski definition) is 3. The Morgan fingerprint density at radius 3 is 2.64 bits per heavy atom. The Morgan fingerprint density at radius 1 is 1.55 bits per heavy atom. The molecule has 0 aromatic carbocycles. The van der Waals surface area contributed by atoms with Crippen LogP contribution in [0.5, 0.6) is 0 Å². The van der Waals surface area contributed by atoms with Crippen LogP contribution in [0.2, 0.25) is 0 Å². The molecule has 0 unspecified atom stereocenters. The first-order valence-corrected chi connectivity index (χ1v) is 3.57. The van der Waals surface area contributed by atoms with Crippen molar-refractivity contribution in [1.29, 1.82) is 0 Å². The lowest BCUT2D eigenvalue weighted by atomic mass is 10.0. The summed E-state index contributed by atoms with van der Waals surface area (Å²) in [4.78, 5) is 21.7. The third-order valence-electron chi connectivity index (χ3n) is 1.58. The number of esters is 1. The molecule has 11 heavy (non-hydrogen) atoms. The quantitative estimate of drug-likeness (QED) is 0.531. The molecule has 1 heterocycles. The third-order valence-corrected chi connectivity index (χ3v) is 1.58. The van der Waals surface area contributed by atoms with Gasteiger partial charge in [-0.05, 0) is 5.92 Å². The highest BCUT2D eigenvalue weighted by Crippen LogP contribution is 2.06. The van der Waals surface area contributed by atoms with Crippen LogP contribution in [0.4, 0.5) is 0 Å². The van der Waals surface area contributed by atoms with Gasteiger partial charge in [0.25, 0.3) is 5.91 Å². The Bertz CT molecular complexity index is 188. The zero-order chi connectivity index (χ0) is 8.43. The molecule has 1 saturated heterocycles. The van der Waals surface area contributed by atoms with Crippen molar-refractivity contribution in [3.8, 4) is 0 Å². The van der Waals surface area contributed by atoms with Gasteiger partial charge < -0.3 is 10.1 Å². The molecular formula is C7H11NO3. The Hall–Kier alpha value is -1.06.